The first-order valence-electron chi connectivity index (χ1n) is 8.05. The molecule has 1 aromatic rings. The molecule has 0 bridgehead atoms. The largest absolute Gasteiger partial charge is 0.508 e. The van der Waals surface area contributed by atoms with E-state index in [-0.39, 0.29) is 11.7 Å². The third kappa shape index (κ3) is 8.38. The molecule has 3 heteroatoms. The van der Waals surface area contributed by atoms with Crippen molar-refractivity contribution in [2.75, 3.05) is 6.61 Å². The second-order valence-electron chi connectivity index (χ2n) is 5.99. The zero-order valence-corrected chi connectivity index (χ0v) is 13.3. The lowest BCUT2D eigenvalue weighted by molar-refractivity contribution is 0.0497. The van der Waals surface area contributed by atoms with E-state index in [9.17, 15) is 4.79 Å². The summed E-state index contributed by atoms with van der Waals surface area (Å²) < 4.78 is 5.21. The average molecular weight is 292 g/mol. The minimum Gasteiger partial charge on any atom is -0.508 e. The van der Waals surface area contributed by atoms with Crippen molar-refractivity contribution in [1.29, 1.82) is 0 Å². The van der Waals surface area contributed by atoms with Crippen LogP contribution in [0, 0.1) is 5.92 Å². The van der Waals surface area contributed by atoms with Gasteiger partial charge in [0.25, 0.3) is 0 Å². The van der Waals surface area contributed by atoms with Crippen molar-refractivity contribution >= 4 is 5.97 Å². The maximum atomic E-state index is 11.7. The molecule has 0 saturated heterocycles. The predicted molar refractivity (Wildman–Crippen MR) is 85.5 cm³/mol. The number of unbranched alkanes of at least 4 members (excludes halogenated alkanes) is 5. The summed E-state index contributed by atoms with van der Waals surface area (Å²) in [7, 11) is 0. The molecule has 0 atom stereocenters. The van der Waals surface area contributed by atoms with Crippen molar-refractivity contribution in [3.63, 3.8) is 0 Å². The third-order valence-corrected chi connectivity index (χ3v) is 3.51. The highest BCUT2D eigenvalue weighted by Crippen LogP contribution is 2.12. The summed E-state index contributed by atoms with van der Waals surface area (Å²) in [6.45, 7) is 5.01. The van der Waals surface area contributed by atoms with Crippen LogP contribution >= 0.6 is 0 Å². The normalized spacial score (nSPS) is 10.8. The summed E-state index contributed by atoms with van der Waals surface area (Å²) in [5, 5.41) is 9.15. The molecule has 0 unspecified atom stereocenters. The molecule has 21 heavy (non-hydrogen) atoms. The van der Waals surface area contributed by atoms with Gasteiger partial charge in [0, 0.05) is 0 Å². The van der Waals surface area contributed by atoms with Gasteiger partial charge in [-0.1, -0.05) is 52.4 Å². The summed E-state index contributed by atoms with van der Waals surface area (Å²) in [5.41, 5.74) is 0.487. The second kappa shape index (κ2) is 10.3. The molecule has 0 saturated carbocycles. The first-order chi connectivity index (χ1) is 10.1. The minimum absolute atomic E-state index is 0.156. The van der Waals surface area contributed by atoms with Crippen LogP contribution in [0.1, 0.15) is 69.2 Å². The van der Waals surface area contributed by atoms with E-state index in [4.69, 9.17) is 9.84 Å². The second-order valence-corrected chi connectivity index (χ2v) is 5.99. The standard InChI is InChI=1S/C18H28O3/c1-15(2)9-7-5-3-4-6-8-14-21-18(20)16-10-12-17(19)13-11-16/h10-13,15,19H,3-9,14H2,1-2H3. The molecule has 0 heterocycles. The van der Waals surface area contributed by atoms with Gasteiger partial charge >= 0.3 is 5.97 Å². The zero-order valence-electron chi connectivity index (χ0n) is 13.3. The van der Waals surface area contributed by atoms with Crippen LogP contribution in [-0.4, -0.2) is 17.7 Å². The van der Waals surface area contributed by atoms with E-state index >= 15 is 0 Å². The first-order valence-corrected chi connectivity index (χ1v) is 8.05. The summed E-state index contributed by atoms with van der Waals surface area (Å²) in [6.07, 6.45) is 8.50. The molecule has 0 aliphatic heterocycles. The Morgan fingerprint density at radius 1 is 1.00 bits per heavy atom. The average Bonchev–Trinajstić information content (AvgIpc) is 2.45. The van der Waals surface area contributed by atoms with Crippen LogP contribution in [0.3, 0.4) is 0 Å². The molecular weight excluding hydrogens is 264 g/mol. The van der Waals surface area contributed by atoms with Gasteiger partial charge in [0.1, 0.15) is 5.75 Å². The number of phenols is 1. The van der Waals surface area contributed by atoms with E-state index in [2.05, 4.69) is 13.8 Å². The van der Waals surface area contributed by atoms with Crippen LogP contribution in [0.15, 0.2) is 24.3 Å². The molecule has 0 radical (unpaired) electrons. The summed E-state index contributed by atoms with van der Waals surface area (Å²) >= 11 is 0. The van der Waals surface area contributed by atoms with Crippen LogP contribution in [-0.2, 0) is 4.74 Å². The van der Waals surface area contributed by atoms with Gasteiger partial charge in [-0.25, -0.2) is 4.79 Å². The molecule has 1 aromatic carbocycles. The van der Waals surface area contributed by atoms with Crippen molar-refractivity contribution in [3.8, 4) is 5.75 Å². The fourth-order valence-electron chi connectivity index (χ4n) is 2.21. The van der Waals surface area contributed by atoms with E-state index in [1.165, 1.54) is 44.2 Å². The number of aromatic hydroxyl groups is 1. The number of carbonyl (C=O) groups excluding carboxylic acids is 1. The maximum Gasteiger partial charge on any atom is 0.338 e. The van der Waals surface area contributed by atoms with Gasteiger partial charge in [-0.2, -0.15) is 0 Å². The molecular formula is C18H28O3. The SMILES string of the molecule is CC(C)CCCCCCCCOC(=O)c1ccc(O)cc1. The van der Waals surface area contributed by atoms with Crippen molar-refractivity contribution in [1.82, 2.24) is 0 Å². The molecule has 1 N–H and O–H groups in total. The van der Waals surface area contributed by atoms with Gasteiger partial charge in [0.15, 0.2) is 0 Å². The van der Waals surface area contributed by atoms with Crippen molar-refractivity contribution in [2.45, 2.75) is 58.8 Å². The lowest BCUT2D eigenvalue weighted by Crippen LogP contribution is -2.06. The van der Waals surface area contributed by atoms with E-state index in [1.807, 2.05) is 0 Å². The zero-order chi connectivity index (χ0) is 15.5. The van der Waals surface area contributed by atoms with Gasteiger partial charge in [-0.3, -0.25) is 0 Å². The van der Waals surface area contributed by atoms with Gasteiger partial charge in [0.2, 0.25) is 0 Å². The van der Waals surface area contributed by atoms with Crippen LogP contribution < -0.4 is 0 Å². The highest BCUT2D eigenvalue weighted by molar-refractivity contribution is 5.89. The molecule has 0 fully saturated rings. The number of hydrogen-bond acceptors (Lipinski definition) is 3. The molecule has 3 nitrogen and oxygen atoms in total. The molecule has 0 aromatic heterocycles. The van der Waals surface area contributed by atoms with Crippen LogP contribution in [0.2, 0.25) is 0 Å². The van der Waals surface area contributed by atoms with Crippen molar-refractivity contribution in [2.24, 2.45) is 5.92 Å². The number of hydrogen-bond donors (Lipinski definition) is 1. The Labute approximate surface area is 128 Å². The fraction of sp³-hybridized carbons (Fsp3) is 0.611. The maximum absolute atomic E-state index is 11.7. The highest BCUT2D eigenvalue weighted by Gasteiger charge is 2.06. The van der Waals surface area contributed by atoms with Gasteiger partial charge in [-0.05, 0) is 36.6 Å². The Hall–Kier alpha value is -1.51. The predicted octanol–water partition coefficient (Wildman–Crippen LogP) is 4.94. The smallest absolute Gasteiger partial charge is 0.338 e. The Balaban J connectivity index is 1.99. The number of esters is 1. The van der Waals surface area contributed by atoms with Gasteiger partial charge < -0.3 is 9.84 Å². The molecule has 0 aliphatic carbocycles. The number of benzene rings is 1. The molecule has 1 rings (SSSR count). The lowest BCUT2D eigenvalue weighted by atomic mass is 10.0. The summed E-state index contributed by atoms with van der Waals surface area (Å²) in [4.78, 5) is 11.7. The molecule has 0 amide bonds. The van der Waals surface area contributed by atoms with Crippen molar-refractivity contribution < 1.29 is 14.6 Å². The monoisotopic (exact) mass is 292 g/mol. The number of carbonyl (C=O) groups is 1. The number of ether oxygens (including phenoxy) is 1. The van der Waals surface area contributed by atoms with E-state index < -0.39 is 0 Å². The Morgan fingerprint density at radius 3 is 2.19 bits per heavy atom. The lowest BCUT2D eigenvalue weighted by Gasteiger charge is -2.06. The van der Waals surface area contributed by atoms with Crippen LogP contribution in [0.5, 0.6) is 5.75 Å². The topological polar surface area (TPSA) is 46.5 Å². The number of rotatable bonds is 10. The Bertz CT molecular complexity index is 395. The first kappa shape index (κ1) is 17.5. The Kier molecular flexibility index (Phi) is 8.56. The Morgan fingerprint density at radius 2 is 1.57 bits per heavy atom. The summed E-state index contributed by atoms with van der Waals surface area (Å²) in [6, 6.07) is 6.14. The highest BCUT2D eigenvalue weighted by atomic mass is 16.5. The minimum atomic E-state index is -0.313. The quantitative estimate of drug-likeness (QED) is 0.491. The summed E-state index contributed by atoms with van der Waals surface area (Å²) in [5.74, 6) is 0.653. The molecule has 118 valence electrons. The van der Waals surface area contributed by atoms with Crippen LogP contribution in [0.25, 0.3) is 0 Å². The molecule has 0 spiro atoms. The van der Waals surface area contributed by atoms with Gasteiger partial charge in [-0.15, -0.1) is 0 Å². The van der Waals surface area contributed by atoms with E-state index in [1.54, 1.807) is 12.1 Å². The van der Waals surface area contributed by atoms with Gasteiger partial charge in [0.05, 0.1) is 12.2 Å². The van der Waals surface area contributed by atoms with Crippen molar-refractivity contribution in [3.05, 3.63) is 29.8 Å². The van der Waals surface area contributed by atoms with Crippen LogP contribution in [0.4, 0.5) is 0 Å². The molecule has 0 aliphatic rings. The third-order valence-electron chi connectivity index (χ3n) is 3.51. The van der Waals surface area contributed by atoms with E-state index in [0.717, 1.165) is 18.8 Å². The number of phenolic OH excluding ortho intramolecular Hbond substituents is 1. The van der Waals surface area contributed by atoms with E-state index in [0.29, 0.717) is 12.2 Å². The fourth-order valence-corrected chi connectivity index (χ4v) is 2.21.